The minimum Gasteiger partial charge on any atom is -0.450 e. The maximum Gasteiger partial charge on any atom is 0.409 e. The molecule has 0 fully saturated rings. The molecule has 0 rings (SSSR count). The van der Waals surface area contributed by atoms with Gasteiger partial charge in [0.25, 0.3) is 0 Å². The predicted octanol–water partition coefficient (Wildman–Crippen LogP) is 2.97. The van der Waals surface area contributed by atoms with Gasteiger partial charge in [-0.15, -0.1) is 0 Å². The van der Waals surface area contributed by atoms with Crippen LogP contribution < -0.4 is 11.3 Å². The zero-order chi connectivity index (χ0) is 16.6. The quantitative estimate of drug-likeness (QED) is 0.237. The summed E-state index contributed by atoms with van der Waals surface area (Å²) in [6, 6.07) is 0. The molecule has 6 heteroatoms. The van der Waals surface area contributed by atoms with E-state index >= 15 is 0 Å². The Hall–Kier alpha value is -1.30. The summed E-state index contributed by atoms with van der Waals surface area (Å²) in [5.74, 6) is 4.87. The highest BCUT2D eigenvalue weighted by atomic mass is 16.6. The van der Waals surface area contributed by atoms with Crippen molar-refractivity contribution in [2.75, 3.05) is 19.7 Å². The van der Waals surface area contributed by atoms with Gasteiger partial charge in [-0.3, -0.25) is 10.2 Å². The summed E-state index contributed by atoms with van der Waals surface area (Å²) in [7, 11) is 0. The Kier molecular flexibility index (Phi) is 13.8. The second-order valence-corrected chi connectivity index (χ2v) is 5.48. The number of carbonyl (C=O) groups is 2. The molecule has 0 aliphatic carbocycles. The Morgan fingerprint density at radius 3 is 2.14 bits per heavy atom. The average Bonchev–Trinajstić information content (AvgIpc) is 2.52. The van der Waals surface area contributed by atoms with Gasteiger partial charge >= 0.3 is 6.09 Å². The molecule has 0 heterocycles. The van der Waals surface area contributed by atoms with Crippen molar-refractivity contribution in [3.8, 4) is 0 Å². The number of amides is 2. The van der Waals surface area contributed by atoms with Crippen molar-refractivity contribution < 1.29 is 14.3 Å². The van der Waals surface area contributed by atoms with E-state index in [1.54, 1.807) is 4.90 Å². The predicted molar refractivity (Wildman–Crippen MR) is 88.2 cm³/mol. The van der Waals surface area contributed by atoms with E-state index in [0.29, 0.717) is 19.6 Å². The lowest BCUT2D eigenvalue weighted by atomic mass is 10.1. The molecule has 0 aliphatic heterocycles. The van der Waals surface area contributed by atoms with Gasteiger partial charge in [0.15, 0.2) is 0 Å². The van der Waals surface area contributed by atoms with Crippen molar-refractivity contribution in [3.05, 3.63) is 0 Å². The molecular weight excluding hydrogens is 282 g/mol. The van der Waals surface area contributed by atoms with Crippen LogP contribution in [-0.2, 0) is 9.53 Å². The largest absolute Gasteiger partial charge is 0.450 e. The molecule has 22 heavy (non-hydrogen) atoms. The highest BCUT2D eigenvalue weighted by Gasteiger charge is 2.13. The van der Waals surface area contributed by atoms with Crippen LogP contribution >= 0.6 is 0 Å². The number of hydrogen-bond acceptors (Lipinski definition) is 4. The van der Waals surface area contributed by atoms with E-state index in [0.717, 1.165) is 32.2 Å². The van der Waals surface area contributed by atoms with E-state index in [1.807, 2.05) is 6.92 Å². The van der Waals surface area contributed by atoms with Crippen LogP contribution in [0.5, 0.6) is 0 Å². The van der Waals surface area contributed by atoms with Crippen LogP contribution in [0, 0.1) is 0 Å². The van der Waals surface area contributed by atoms with Gasteiger partial charge in [0.1, 0.15) is 0 Å². The molecule has 2 amide bonds. The van der Waals surface area contributed by atoms with Crippen LogP contribution in [0.2, 0.25) is 0 Å². The molecule has 0 spiro atoms. The van der Waals surface area contributed by atoms with Crippen LogP contribution in [0.15, 0.2) is 0 Å². The third-order valence-electron chi connectivity index (χ3n) is 3.55. The molecule has 0 aliphatic rings. The maximum absolute atomic E-state index is 11.9. The smallest absolute Gasteiger partial charge is 0.409 e. The summed E-state index contributed by atoms with van der Waals surface area (Å²) >= 11 is 0. The molecule has 0 aromatic carbocycles. The number of nitrogens with zero attached hydrogens (tertiary/aromatic N) is 1. The third-order valence-corrected chi connectivity index (χ3v) is 3.55. The molecule has 6 nitrogen and oxygen atoms in total. The Labute approximate surface area is 134 Å². The van der Waals surface area contributed by atoms with Crippen LogP contribution in [0.3, 0.4) is 0 Å². The summed E-state index contributed by atoms with van der Waals surface area (Å²) in [6.07, 6.45) is 8.81. The number of nitrogens with two attached hydrogens (primary N) is 1. The Bertz CT molecular complexity index is 298. The topological polar surface area (TPSA) is 84.7 Å². The minimum atomic E-state index is -0.251. The summed E-state index contributed by atoms with van der Waals surface area (Å²) in [5, 5.41) is 0. The van der Waals surface area contributed by atoms with Gasteiger partial charge < -0.3 is 9.64 Å². The number of ether oxygens (including phenoxy) is 1. The Balaban J connectivity index is 3.94. The minimum absolute atomic E-state index is 0.168. The standard InChI is InChI=1S/C16H33N3O3/c1-3-5-6-7-8-10-13-19(16(21)22-4-2)14-11-9-12-15(20)18-17/h3-14,17H2,1-2H3,(H,18,20). The summed E-state index contributed by atoms with van der Waals surface area (Å²) in [5.41, 5.74) is 2.11. The third kappa shape index (κ3) is 11.4. The van der Waals surface area contributed by atoms with E-state index in [1.165, 1.54) is 25.7 Å². The zero-order valence-corrected chi connectivity index (χ0v) is 14.2. The number of carbonyl (C=O) groups excluding carboxylic acids is 2. The van der Waals surface area contributed by atoms with E-state index in [9.17, 15) is 9.59 Å². The van der Waals surface area contributed by atoms with E-state index in [2.05, 4.69) is 12.3 Å². The van der Waals surface area contributed by atoms with Gasteiger partial charge in [-0.1, -0.05) is 39.0 Å². The average molecular weight is 315 g/mol. The van der Waals surface area contributed by atoms with Crippen molar-refractivity contribution in [2.24, 2.45) is 5.84 Å². The fraction of sp³-hybridized carbons (Fsp3) is 0.875. The van der Waals surface area contributed by atoms with Gasteiger partial charge in [0.05, 0.1) is 6.61 Å². The SMILES string of the molecule is CCCCCCCCN(CCCCC(=O)NN)C(=O)OCC. The van der Waals surface area contributed by atoms with Gasteiger partial charge in [-0.2, -0.15) is 0 Å². The van der Waals surface area contributed by atoms with Crippen molar-refractivity contribution >= 4 is 12.0 Å². The van der Waals surface area contributed by atoms with Crippen LogP contribution in [0.4, 0.5) is 4.79 Å². The summed E-state index contributed by atoms with van der Waals surface area (Å²) in [4.78, 5) is 24.7. The molecule has 3 N–H and O–H groups in total. The number of hydrazine groups is 1. The highest BCUT2D eigenvalue weighted by molar-refractivity contribution is 5.75. The molecule has 0 bridgehead atoms. The second-order valence-electron chi connectivity index (χ2n) is 5.48. The Morgan fingerprint density at radius 2 is 1.55 bits per heavy atom. The Morgan fingerprint density at radius 1 is 0.955 bits per heavy atom. The number of unbranched alkanes of at least 4 members (excludes halogenated alkanes) is 6. The van der Waals surface area contributed by atoms with E-state index in [4.69, 9.17) is 10.6 Å². The lowest BCUT2D eigenvalue weighted by Gasteiger charge is -2.21. The van der Waals surface area contributed by atoms with Gasteiger partial charge in [-0.05, 0) is 26.2 Å². The molecule has 0 saturated carbocycles. The van der Waals surface area contributed by atoms with Gasteiger partial charge in [0, 0.05) is 19.5 Å². The molecule has 0 atom stereocenters. The van der Waals surface area contributed by atoms with Gasteiger partial charge in [0.2, 0.25) is 5.91 Å². The maximum atomic E-state index is 11.9. The van der Waals surface area contributed by atoms with Crippen LogP contribution in [-0.4, -0.2) is 36.6 Å². The van der Waals surface area contributed by atoms with Crippen LogP contribution in [0.1, 0.15) is 71.6 Å². The molecule has 0 aromatic rings. The molecule has 130 valence electrons. The number of nitrogens with one attached hydrogen (secondary N) is 1. The molecule has 0 aromatic heterocycles. The normalized spacial score (nSPS) is 10.3. The molecule has 0 saturated heterocycles. The second kappa shape index (κ2) is 14.6. The van der Waals surface area contributed by atoms with Crippen molar-refractivity contribution in [1.82, 2.24) is 10.3 Å². The first kappa shape index (κ1) is 20.7. The van der Waals surface area contributed by atoms with Crippen molar-refractivity contribution in [2.45, 2.75) is 71.6 Å². The summed E-state index contributed by atoms with van der Waals surface area (Å²) < 4.78 is 5.09. The van der Waals surface area contributed by atoms with Crippen molar-refractivity contribution in [1.29, 1.82) is 0 Å². The monoisotopic (exact) mass is 315 g/mol. The van der Waals surface area contributed by atoms with E-state index < -0.39 is 0 Å². The van der Waals surface area contributed by atoms with Gasteiger partial charge in [-0.25, -0.2) is 10.6 Å². The fourth-order valence-electron chi connectivity index (χ4n) is 2.25. The van der Waals surface area contributed by atoms with E-state index in [-0.39, 0.29) is 12.0 Å². The first-order valence-electron chi connectivity index (χ1n) is 8.56. The van der Waals surface area contributed by atoms with Crippen LogP contribution in [0.25, 0.3) is 0 Å². The first-order valence-corrected chi connectivity index (χ1v) is 8.56. The zero-order valence-electron chi connectivity index (χ0n) is 14.2. The first-order chi connectivity index (χ1) is 10.7. The molecular formula is C16H33N3O3. The molecule has 0 unspecified atom stereocenters. The highest BCUT2D eigenvalue weighted by Crippen LogP contribution is 2.08. The molecule has 0 radical (unpaired) electrons. The van der Waals surface area contributed by atoms with Crippen molar-refractivity contribution in [3.63, 3.8) is 0 Å². The summed E-state index contributed by atoms with van der Waals surface area (Å²) in [6.45, 7) is 5.76. The number of rotatable bonds is 13. The lowest BCUT2D eigenvalue weighted by molar-refractivity contribution is -0.121. The fourth-order valence-corrected chi connectivity index (χ4v) is 2.25. The number of hydrogen-bond donors (Lipinski definition) is 2. The lowest BCUT2D eigenvalue weighted by Crippen LogP contribution is -2.34.